The van der Waals surface area contributed by atoms with Gasteiger partial charge >= 0.3 is 5.00 Å². The molecule has 0 unspecified atom stereocenters. The fourth-order valence-corrected chi connectivity index (χ4v) is 2.91. The van der Waals surface area contributed by atoms with Crippen LogP contribution in [0.25, 0.3) is 0 Å². The molecule has 2 aromatic carbocycles. The molecule has 0 aliphatic rings. The lowest BCUT2D eigenvalue weighted by Gasteiger charge is -2.07. The Morgan fingerprint density at radius 1 is 0.920 bits per heavy atom. The van der Waals surface area contributed by atoms with Crippen LogP contribution in [0.4, 0.5) is 5.00 Å². The normalized spacial score (nSPS) is 10.1. The molecule has 3 rings (SSSR count). The fourth-order valence-electron chi connectivity index (χ4n) is 2.20. The summed E-state index contributed by atoms with van der Waals surface area (Å²) in [6.07, 6.45) is 0. The maximum atomic E-state index is 12.2. The number of rotatable bonds is 5. The minimum Gasteiger partial charge on any atom is -0.266 e. The summed E-state index contributed by atoms with van der Waals surface area (Å²) in [7, 11) is 0. The van der Waals surface area contributed by atoms with E-state index in [0.29, 0.717) is 5.71 Å². The summed E-state index contributed by atoms with van der Waals surface area (Å²) in [6, 6.07) is 21.7. The van der Waals surface area contributed by atoms with Gasteiger partial charge in [-0.3, -0.25) is 14.9 Å². The van der Waals surface area contributed by atoms with Crippen LogP contribution in [-0.2, 0) is 0 Å². The van der Waals surface area contributed by atoms with Crippen molar-refractivity contribution in [3.8, 4) is 0 Å². The van der Waals surface area contributed by atoms with Crippen LogP contribution in [0.1, 0.15) is 20.8 Å². The summed E-state index contributed by atoms with van der Waals surface area (Å²) < 4.78 is 0. The number of hydrogen-bond acceptors (Lipinski definition) is 5. The standard InChI is InChI=1S/C18H13N3O3S/c22-18(15-11-12-16(25-15)21(23)24)20-19-17(13-7-3-1-4-8-13)14-9-5-2-6-10-14/h1-12H,(H,20,22). The van der Waals surface area contributed by atoms with Gasteiger partial charge < -0.3 is 0 Å². The van der Waals surface area contributed by atoms with E-state index in [9.17, 15) is 14.9 Å². The third-order valence-corrected chi connectivity index (χ3v) is 4.39. The Hall–Kier alpha value is -3.32. The molecule has 0 aliphatic heterocycles. The molecule has 25 heavy (non-hydrogen) atoms. The van der Waals surface area contributed by atoms with Crippen molar-refractivity contribution < 1.29 is 9.72 Å². The third kappa shape index (κ3) is 3.96. The lowest BCUT2D eigenvalue weighted by Crippen LogP contribution is -2.19. The highest BCUT2D eigenvalue weighted by molar-refractivity contribution is 7.17. The summed E-state index contributed by atoms with van der Waals surface area (Å²) in [5, 5.41) is 14.9. The maximum absolute atomic E-state index is 12.2. The molecule has 0 saturated heterocycles. The van der Waals surface area contributed by atoms with Gasteiger partial charge in [0.15, 0.2) is 0 Å². The van der Waals surface area contributed by atoms with Gasteiger partial charge in [0, 0.05) is 17.2 Å². The van der Waals surface area contributed by atoms with Gasteiger partial charge in [-0.1, -0.05) is 72.0 Å². The van der Waals surface area contributed by atoms with Crippen LogP contribution in [0.15, 0.2) is 77.9 Å². The second-order valence-corrected chi connectivity index (χ2v) is 6.09. The molecule has 0 fully saturated rings. The third-order valence-electron chi connectivity index (χ3n) is 3.36. The molecule has 6 nitrogen and oxygen atoms in total. The highest BCUT2D eigenvalue weighted by Gasteiger charge is 2.15. The Morgan fingerprint density at radius 3 is 1.96 bits per heavy atom. The molecule has 0 bridgehead atoms. The second-order valence-electron chi connectivity index (χ2n) is 5.03. The van der Waals surface area contributed by atoms with E-state index < -0.39 is 10.8 Å². The molecule has 0 atom stereocenters. The van der Waals surface area contributed by atoms with Crippen molar-refractivity contribution >= 4 is 28.0 Å². The molecule has 0 aliphatic carbocycles. The SMILES string of the molecule is O=C(NN=C(c1ccccc1)c1ccccc1)c1ccc([N+](=O)[O-])s1. The summed E-state index contributed by atoms with van der Waals surface area (Å²) in [6.45, 7) is 0. The van der Waals surface area contributed by atoms with Gasteiger partial charge in [-0.05, 0) is 6.07 Å². The highest BCUT2D eigenvalue weighted by Crippen LogP contribution is 2.23. The first-order chi connectivity index (χ1) is 12.1. The molecular formula is C18H13N3O3S. The number of nitrogens with one attached hydrogen (secondary N) is 1. The number of amides is 1. The number of hydrogen-bond donors (Lipinski definition) is 1. The van der Waals surface area contributed by atoms with E-state index in [1.807, 2.05) is 60.7 Å². The minimum absolute atomic E-state index is 0.0829. The highest BCUT2D eigenvalue weighted by atomic mass is 32.1. The van der Waals surface area contributed by atoms with Gasteiger partial charge in [0.05, 0.1) is 10.6 Å². The van der Waals surface area contributed by atoms with E-state index in [0.717, 1.165) is 22.5 Å². The average Bonchev–Trinajstić information content (AvgIpc) is 3.14. The molecule has 0 spiro atoms. The molecule has 1 N–H and O–H groups in total. The van der Waals surface area contributed by atoms with Gasteiger partial charge in [-0.25, -0.2) is 5.43 Å². The lowest BCUT2D eigenvalue weighted by molar-refractivity contribution is -0.380. The van der Waals surface area contributed by atoms with Crippen molar-refractivity contribution in [2.45, 2.75) is 0 Å². The van der Waals surface area contributed by atoms with Gasteiger partial charge in [0.25, 0.3) is 5.91 Å². The molecular weight excluding hydrogens is 338 g/mol. The van der Waals surface area contributed by atoms with Crippen molar-refractivity contribution in [2.24, 2.45) is 5.10 Å². The van der Waals surface area contributed by atoms with Crippen molar-refractivity contribution in [1.29, 1.82) is 0 Å². The van der Waals surface area contributed by atoms with Crippen LogP contribution in [0, 0.1) is 10.1 Å². The van der Waals surface area contributed by atoms with Gasteiger partial charge in [-0.2, -0.15) is 5.10 Å². The molecule has 1 aromatic heterocycles. The first kappa shape index (κ1) is 16.5. The smallest absolute Gasteiger partial charge is 0.266 e. The first-order valence-electron chi connectivity index (χ1n) is 7.38. The van der Waals surface area contributed by atoms with Gasteiger partial charge in [-0.15, -0.1) is 0 Å². The lowest BCUT2D eigenvalue weighted by atomic mass is 10.0. The van der Waals surface area contributed by atoms with Crippen LogP contribution in [0.3, 0.4) is 0 Å². The van der Waals surface area contributed by atoms with E-state index in [1.54, 1.807) is 0 Å². The van der Waals surface area contributed by atoms with Crippen LogP contribution < -0.4 is 5.43 Å². The van der Waals surface area contributed by atoms with Crippen molar-refractivity contribution in [1.82, 2.24) is 5.43 Å². The quantitative estimate of drug-likeness (QED) is 0.430. The number of nitrogens with zero attached hydrogens (tertiary/aromatic N) is 2. The summed E-state index contributed by atoms with van der Waals surface area (Å²) >= 11 is 0.812. The number of benzene rings is 2. The zero-order chi connectivity index (χ0) is 17.6. The van der Waals surface area contributed by atoms with E-state index in [2.05, 4.69) is 10.5 Å². The van der Waals surface area contributed by atoms with Crippen molar-refractivity contribution in [2.75, 3.05) is 0 Å². The number of hydrazone groups is 1. The van der Waals surface area contributed by atoms with Crippen LogP contribution in [-0.4, -0.2) is 16.5 Å². The van der Waals surface area contributed by atoms with E-state index in [-0.39, 0.29) is 9.88 Å². The number of carbonyl (C=O) groups is 1. The number of nitro groups is 1. The van der Waals surface area contributed by atoms with Crippen molar-refractivity contribution in [3.05, 3.63) is 98.9 Å². The summed E-state index contributed by atoms with van der Waals surface area (Å²) in [4.78, 5) is 22.7. The van der Waals surface area contributed by atoms with Gasteiger partial charge in [0.2, 0.25) is 0 Å². The first-order valence-corrected chi connectivity index (χ1v) is 8.20. The molecule has 1 heterocycles. The second kappa shape index (κ2) is 7.50. The molecule has 124 valence electrons. The van der Waals surface area contributed by atoms with Crippen LogP contribution in [0.5, 0.6) is 0 Å². The summed E-state index contributed by atoms with van der Waals surface area (Å²) in [5.74, 6) is -0.484. The topological polar surface area (TPSA) is 84.6 Å². The number of thiophene rings is 1. The largest absolute Gasteiger partial charge is 0.324 e. The molecule has 3 aromatic rings. The minimum atomic E-state index is -0.524. The monoisotopic (exact) mass is 351 g/mol. The fraction of sp³-hybridized carbons (Fsp3) is 0. The van der Waals surface area contributed by atoms with Crippen molar-refractivity contribution in [3.63, 3.8) is 0 Å². The number of carbonyl (C=O) groups excluding carboxylic acids is 1. The summed E-state index contributed by atoms with van der Waals surface area (Å²) in [5.41, 5.74) is 4.80. The van der Waals surface area contributed by atoms with Gasteiger partial charge in [0.1, 0.15) is 4.88 Å². The zero-order valence-electron chi connectivity index (χ0n) is 13.0. The van der Waals surface area contributed by atoms with E-state index in [1.165, 1.54) is 12.1 Å². The van der Waals surface area contributed by atoms with E-state index >= 15 is 0 Å². The predicted octanol–water partition coefficient (Wildman–Crippen LogP) is 3.84. The Bertz CT molecular complexity index is 880. The zero-order valence-corrected chi connectivity index (χ0v) is 13.8. The Labute approximate surface area is 147 Å². The molecule has 0 saturated carbocycles. The average molecular weight is 351 g/mol. The Balaban J connectivity index is 1.88. The molecule has 0 radical (unpaired) electrons. The van der Waals surface area contributed by atoms with Crippen LogP contribution in [0.2, 0.25) is 0 Å². The Morgan fingerprint density at radius 2 is 1.48 bits per heavy atom. The van der Waals surface area contributed by atoms with Crippen LogP contribution >= 0.6 is 11.3 Å². The maximum Gasteiger partial charge on any atom is 0.324 e. The molecule has 1 amide bonds. The van der Waals surface area contributed by atoms with E-state index in [4.69, 9.17) is 0 Å². The predicted molar refractivity (Wildman–Crippen MR) is 97.0 cm³/mol. The molecule has 7 heteroatoms. The Kier molecular flexibility index (Phi) is 4.96.